The number of benzene rings is 1. The molecule has 21 heavy (non-hydrogen) atoms. The van der Waals surface area contributed by atoms with Crippen LogP contribution in [-0.2, 0) is 17.9 Å². The van der Waals surface area contributed by atoms with Crippen molar-refractivity contribution >= 4 is 5.91 Å². The third-order valence-electron chi connectivity index (χ3n) is 2.99. The Morgan fingerprint density at radius 2 is 1.90 bits per heavy atom. The van der Waals surface area contributed by atoms with Crippen molar-refractivity contribution in [1.82, 2.24) is 15.6 Å². The molecular formula is C16H18FN3O. The fraction of sp³-hybridized carbons (Fsp3) is 0.250. The molecule has 0 bridgehead atoms. The summed E-state index contributed by atoms with van der Waals surface area (Å²) in [4.78, 5) is 15.8. The van der Waals surface area contributed by atoms with Crippen molar-refractivity contribution in [3.63, 3.8) is 0 Å². The van der Waals surface area contributed by atoms with E-state index in [0.717, 1.165) is 5.69 Å². The van der Waals surface area contributed by atoms with E-state index in [-0.39, 0.29) is 11.7 Å². The average molecular weight is 287 g/mol. The molecule has 1 aromatic heterocycles. The van der Waals surface area contributed by atoms with E-state index in [1.807, 2.05) is 18.2 Å². The number of aromatic nitrogens is 1. The topological polar surface area (TPSA) is 54.0 Å². The fourth-order valence-corrected chi connectivity index (χ4v) is 1.85. The van der Waals surface area contributed by atoms with Gasteiger partial charge in [0, 0.05) is 31.3 Å². The van der Waals surface area contributed by atoms with Crippen LogP contribution < -0.4 is 10.6 Å². The van der Waals surface area contributed by atoms with Gasteiger partial charge in [0.15, 0.2) is 0 Å². The summed E-state index contributed by atoms with van der Waals surface area (Å²) in [6.07, 6.45) is 2.04. The number of nitrogens with one attached hydrogen (secondary N) is 2. The molecule has 0 aliphatic rings. The first-order valence-electron chi connectivity index (χ1n) is 6.86. The van der Waals surface area contributed by atoms with E-state index in [1.165, 1.54) is 6.07 Å². The number of nitrogens with zero attached hydrogens (tertiary/aromatic N) is 1. The summed E-state index contributed by atoms with van der Waals surface area (Å²) in [6.45, 7) is 1.34. The zero-order valence-electron chi connectivity index (χ0n) is 11.7. The van der Waals surface area contributed by atoms with Crippen LogP contribution in [0.5, 0.6) is 0 Å². The Hall–Kier alpha value is -2.27. The highest BCUT2D eigenvalue weighted by molar-refractivity contribution is 5.75. The summed E-state index contributed by atoms with van der Waals surface area (Å²) < 4.78 is 13.4. The summed E-state index contributed by atoms with van der Waals surface area (Å²) in [5.41, 5.74) is 1.43. The van der Waals surface area contributed by atoms with Gasteiger partial charge in [-0.25, -0.2) is 4.39 Å². The normalized spacial score (nSPS) is 10.3. The van der Waals surface area contributed by atoms with Crippen molar-refractivity contribution in [3.8, 4) is 0 Å². The lowest BCUT2D eigenvalue weighted by atomic mass is 10.2. The molecular weight excluding hydrogens is 269 g/mol. The van der Waals surface area contributed by atoms with Gasteiger partial charge in [-0.2, -0.15) is 0 Å². The fourth-order valence-electron chi connectivity index (χ4n) is 1.85. The molecule has 1 amide bonds. The summed E-state index contributed by atoms with van der Waals surface area (Å²) in [5.74, 6) is -0.286. The lowest BCUT2D eigenvalue weighted by Gasteiger charge is -2.07. The van der Waals surface area contributed by atoms with Gasteiger partial charge in [0.2, 0.25) is 5.91 Å². The van der Waals surface area contributed by atoms with Crippen LogP contribution in [0.1, 0.15) is 17.7 Å². The standard InChI is InChI=1S/C16H18FN3O/c17-15-7-2-1-5-13(15)11-18-10-8-16(21)20-12-14-6-3-4-9-19-14/h1-7,9,18H,8,10-12H2,(H,20,21). The number of carbonyl (C=O) groups excluding carboxylic acids is 1. The van der Waals surface area contributed by atoms with E-state index < -0.39 is 0 Å². The molecule has 2 aromatic rings. The molecule has 2 N–H and O–H groups in total. The Labute approximate surface area is 123 Å². The van der Waals surface area contributed by atoms with Crippen LogP contribution in [-0.4, -0.2) is 17.4 Å². The number of amides is 1. The zero-order valence-corrected chi connectivity index (χ0v) is 11.7. The van der Waals surface area contributed by atoms with Crippen molar-refractivity contribution in [2.45, 2.75) is 19.5 Å². The van der Waals surface area contributed by atoms with Gasteiger partial charge in [-0.15, -0.1) is 0 Å². The van der Waals surface area contributed by atoms with Gasteiger partial charge in [-0.05, 0) is 18.2 Å². The highest BCUT2D eigenvalue weighted by atomic mass is 19.1. The first-order chi connectivity index (χ1) is 10.3. The maximum Gasteiger partial charge on any atom is 0.221 e. The van der Waals surface area contributed by atoms with Crippen molar-refractivity contribution < 1.29 is 9.18 Å². The maximum atomic E-state index is 13.4. The van der Waals surface area contributed by atoms with Crippen LogP contribution in [0.4, 0.5) is 4.39 Å². The van der Waals surface area contributed by atoms with Crippen molar-refractivity contribution in [3.05, 3.63) is 65.7 Å². The molecule has 4 nitrogen and oxygen atoms in total. The second-order valence-electron chi connectivity index (χ2n) is 4.62. The van der Waals surface area contributed by atoms with Crippen LogP contribution in [0, 0.1) is 5.82 Å². The quantitative estimate of drug-likeness (QED) is 0.766. The Kier molecular flexibility index (Phi) is 5.84. The molecule has 2 rings (SSSR count). The van der Waals surface area contributed by atoms with Crippen molar-refractivity contribution in [2.75, 3.05) is 6.54 Å². The first kappa shape index (κ1) is 15.1. The third-order valence-corrected chi connectivity index (χ3v) is 2.99. The summed E-state index contributed by atoms with van der Waals surface area (Å²) in [6, 6.07) is 12.2. The van der Waals surface area contributed by atoms with Gasteiger partial charge in [0.05, 0.1) is 12.2 Å². The minimum atomic E-state index is -0.232. The lowest BCUT2D eigenvalue weighted by molar-refractivity contribution is -0.121. The molecule has 0 saturated heterocycles. The second-order valence-corrected chi connectivity index (χ2v) is 4.62. The number of hydrogen-bond donors (Lipinski definition) is 2. The minimum absolute atomic E-state index is 0.0540. The molecule has 0 saturated carbocycles. The van der Waals surface area contributed by atoms with Gasteiger partial charge in [-0.3, -0.25) is 9.78 Å². The maximum absolute atomic E-state index is 13.4. The Bertz CT molecular complexity index is 575. The van der Waals surface area contributed by atoms with Crippen molar-refractivity contribution in [2.24, 2.45) is 0 Å². The molecule has 0 aliphatic heterocycles. The summed E-state index contributed by atoms with van der Waals surface area (Å²) in [5, 5.41) is 5.85. The van der Waals surface area contributed by atoms with E-state index in [0.29, 0.717) is 31.6 Å². The van der Waals surface area contributed by atoms with Crippen molar-refractivity contribution in [1.29, 1.82) is 0 Å². The SMILES string of the molecule is O=C(CCNCc1ccccc1F)NCc1ccccn1. The van der Waals surface area contributed by atoms with E-state index in [9.17, 15) is 9.18 Å². The number of halogens is 1. The molecule has 1 heterocycles. The van der Waals surface area contributed by atoms with E-state index >= 15 is 0 Å². The Morgan fingerprint density at radius 1 is 1.10 bits per heavy atom. The van der Waals surface area contributed by atoms with E-state index in [1.54, 1.807) is 24.4 Å². The molecule has 0 radical (unpaired) electrons. The number of hydrogen-bond acceptors (Lipinski definition) is 3. The summed E-state index contributed by atoms with van der Waals surface area (Å²) >= 11 is 0. The summed E-state index contributed by atoms with van der Waals surface area (Å²) in [7, 11) is 0. The molecule has 0 aliphatic carbocycles. The van der Waals surface area contributed by atoms with Crippen LogP contribution in [0.2, 0.25) is 0 Å². The van der Waals surface area contributed by atoms with Crippen LogP contribution in [0.25, 0.3) is 0 Å². The van der Waals surface area contributed by atoms with E-state index in [2.05, 4.69) is 15.6 Å². The van der Waals surface area contributed by atoms with Crippen LogP contribution >= 0.6 is 0 Å². The highest BCUT2D eigenvalue weighted by Gasteiger charge is 2.03. The molecule has 0 atom stereocenters. The molecule has 5 heteroatoms. The van der Waals surface area contributed by atoms with Gasteiger partial charge in [0.25, 0.3) is 0 Å². The molecule has 1 aromatic carbocycles. The Morgan fingerprint density at radius 3 is 2.67 bits per heavy atom. The molecule has 0 fully saturated rings. The third kappa shape index (κ3) is 5.31. The van der Waals surface area contributed by atoms with Crippen LogP contribution in [0.15, 0.2) is 48.7 Å². The van der Waals surface area contributed by atoms with E-state index in [4.69, 9.17) is 0 Å². The average Bonchev–Trinajstić information content (AvgIpc) is 2.52. The molecule has 0 unspecified atom stereocenters. The number of pyridine rings is 1. The number of rotatable bonds is 7. The minimum Gasteiger partial charge on any atom is -0.350 e. The van der Waals surface area contributed by atoms with Gasteiger partial charge >= 0.3 is 0 Å². The largest absolute Gasteiger partial charge is 0.350 e. The van der Waals surface area contributed by atoms with Crippen LogP contribution in [0.3, 0.4) is 0 Å². The zero-order chi connectivity index (χ0) is 14.9. The van der Waals surface area contributed by atoms with Gasteiger partial charge < -0.3 is 10.6 Å². The first-order valence-corrected chi connectivity index (χ1v) is 6.86. The lowest BCUT2D eigenvalue weighted by Crippen LogP contribution is -2.27. The molecule has 0 spiro atoms. The highest BCUT2D eigenvalue weighted by Crippen LogP contribution is 2.05. The second kappa shape index (κ2) is 8.11. The molecule has 110 valence electrons. The van der Waals surface area contributed by atoms with Gasteiger partial charge in [0.1, 0.15) is 5.82 Å². The predicted octanol–water partition coefficient (Wildman–Crippen LogP) is 2.02. The number of carbonyl (C=O) groups is 1. The monoisotopic (exact) mass is 287 g/mol. The predicted molar refractivity (Wildman–Crippen MR) is 78.8 cm³/mol. The smallest absolute Gasteiger partial charge is 0.221 e. The van der Waals surface area contributed by atoms with Gasteiger partial charge in [-0.1, -0.05) is 24.3 Å². The Balaban J connectivity index is 1.62.